The van der Waals surface area contributed by atoms with Gasteiger partial charge in [0.25, 0.3) is 5.89 Å². The third-order valence-electron chi connectivity index (χ3n) is 3.20. The Hall–Kier alpha value is -1.89. The predicted octanol–water partition coefficient (Wildman–Crippen LogP) is 2.49. The second-order valence-electron chi connectivity index (χ2n) is 4.68. The highest BCUT2D eigenvalue weighted by Crippen LogP contribution is 2.28. The van der Waals surface area contributed by atoms with Gasteiger partial charge in [0.15, 0.2) is 5.82 Å². The molecule has 0 spiro atoms. The van der Waals surface area contributed by atoms with Gasteiger partial charge in [0.1, 0.15) is 6.42 Å². The summed E-state index contributed by atoms with van der Waals surface area (Å²) in [4.78, 5) is 3.86. The van der Waals surface area contributed by atoms with Gasteiger partial charge in [-0.3, -0.25) is 0 Å². The largest absolute Gasteiger partial charge is 0.396 e. The number of nitrogens with one attached hydrogen (secondary N) is 1. The summed E-state index contributed by atoms with van der Waals surface area (Å²) in [6.45, 7) is 1.57. The van der Waals surface area contributed by atoms with Crippen molar-refractivity contribution in [3.8, 4) is 11.5 Å². The number of halogens is 3. The van der Waals surface area contributed by atoms with E-state index in [0.717, 1.165) is 36.2 Å². The summed E-state index contributed by atoms with van der Waals surface area (Å²) in [6, 6.07) is 5.63. The van der Waals surface area contributed by atoms with Crippen molar-refractivity contribution in [3.63, 3.8) is 0 Å². The van der Waals surface area contributed by atoms with Gasteiger partial charge >= 0.3 is 6.18 Å². The standard InChI is InChI=1S/C13H12F3N3O/c14-13(15,16)6-11-18-12(20-19-11)10-3-1-2-8-7-17-5-4-9(8)10/h1-3,17H,4-7H2. The fourth-order valence-electron chi connectivity index (χ4n) is 2.35. The van der Waals surface area contributed by atoms with Crippen molar-refractivity contribution in [1.29, 1.82) is 0 Å². The molecule has 1 N–H and O–H groups in total. The van der Waals surface area contributed by atoms with E-state index in [9.17, 15) is 13.2 Å². The summed E-state index contributed by atoms with van der Waals surface area (Å²) in [5, 5.41) is 6.65. The molecule has 0 bridgehead atoms. The van der Waals surface area contributed by atoms with Gasteiger partial charge < -0.3 is 9.84 Å². The molecule has 3 rings (SSSR count). The predicted molar refractivity (Wildman–Crippen MR) is 64.9 cm³/mol. The van der Waals surface area contributed by atoms with Gasteiger partial charge in [-0.25, -0.2) is 0 Å². The molecular weight excluding hydrogens is 271 g/mol. The maximum absolute atomic E-state index is 12.3. The number of hydrogen-bond donors (Lipinski definition) is 1. The Morgan fingerprint density at radius 1 is 1.30 bits per heavy atom. The first-order chi connectivity index (χ1) is 9.53. The van der Waals surface area contributed by atoms with Gasteiger partial charge in [0.2, 0.25) is 0 Å². The molecule has 7 heteroatoms. The second kappa shape index (κ2) is 4.90. The minimum absolute atomic E-state index is 0.156. The van der Waals surface area contributed by atoms with E-state index in [1.54, 1.807) is 6.07 Å². The monoisotopic (exact) mass is 283 g/mol. The van der Waals surface area contributed by atoms with Crippen LogP contribution < -0.4 is 5.32 Å². The molecule has 2 heterocycles. The van der Waals surface area contributed by atoms with E-state index in [1.165, 1.54) is 0 Å². The molecule has 0 saturated carbocycles. The Morgan fingerprint density at radius 2 is 2.15 bits per heavy atom. The molecule has 0 unspecified atom stereocenters. The van der Waals surface area contributed by atoms with E-state index in [-0.39, 0.29) is 11.7 Å². The summed E-state index contributed by atoms with van der Waals surface area (Å²) in [6.07, 6.45) is -4.71. The van der Waals surface area contributed by atoms with E-state index < -0.39 is 12.6 Å². The molecule has 0 radical (unpaired) electrons. The molecule has 1 aromatic heterocycles. The summed E-state index contributed by atoms with van der Waals surface area (Å²) in [7, 11) is 0. The van der Waals surface area contributed by atoms with Crippen molar-refractivity contribution < 1.29 is 17.7 Å². The molecule has 1 aromatic carbocycles. The van der Waals surface area contributed by atoms with E-state index in [0.29, 0.717) is 0 Å². The first-order valence-electron chi connectivity index (χ1n) is 6.24. The Morgan fingerprint density at radius 3 is 2.95 bits per heavy atom. The van der Waals surface area contributed by atoms with Gasteiger partial charge in [-0.05, 0) is 30.2 Å². The lowest BCUT2D eigenvalue weighted by molar-refractivity contribution is -0.128. The van der Waals surface area contributed by atoms with Crippen molar-refractivity contribution in [2.75, 3.05) is 6.54 Å². The highest BCUT2D eigenvalue weighted by Gasteiger charge is 2.31. The Balaban J connectivity index is 1.94. The molecule has 20 heavy (non-hydrogen) atoms. The lowest BCUT2D eigenvalue weighted by Crippen LogP contribution is -2.24. The number of benzene rings is 1. The number of rotatable bonds is 2. The highest BCUT2D eigenvalue weighted by molar-refractivity contribution is 5.61. The van der Waals surface area contributed by atoms with Crippen LogP contribution >= 0.6 is 0 Å². The third kappa shape index (κ3) is 2.67. The Labute approximate surface area is 113 Å². The zero-order valence-corrected chi connectivity index (χ0v) is 10.5. The number of fused-ring (bicyclic) bond motifs is 1. The number of alkyl halides is 3. The van der Waals surface area contributed by atoms with Gasteiger partial charge in [0.05, 0.1) is 0 Å². The molecule has 0 atom stereocenters. The van der Waals surface area contributed by atoms with Gasteiger partial charge in [-0.2, -0.15) is 18.2 Å². The first-order valence-corrected chi connectivity index (χ1v) is 6.24. The summed E-state index contributed by atoms with van der Waals surface area (Å²) in [5.74, 6) is -0.179. The smallest absolute Gasteiger partial charge is 0.334 e. The second-order valence-corrected chi connectivity index (χ2v) is 4.68. The molecule has 0 amide bonds. The van der Waals surface area contributed by atoms with Crippen molar-refractivity contribution in [2.45, 2.75) is 25.6 Å². The lowest BCUT2D eigenvalue weighted by atomic mass is 9.95. The number of hydrogen-bond acceptors (Lipinski definition) is 4. The molecular formula is C13H12F3N3O. The topological polar surface area (TPSA) is 51.0 Å². The summed E-state index contributed by atoms with van der Waals surface area (Å²) in [5.41, 5.74) is 2.91. The zero-order valence-electron chi connectivity index (χ0n) is 10.5. The van der Waals surface area contributed by atoms with Crippen LogP contribution in [0.4, 0.5) is 13.2 Å². The van der Waals surface area contributed by atoms with Gasteiger partial charge in [-0.15, -0.1) is 0 Å². The molecule has 0 aliphatic carbocycles. The van der Waals surface area contributed by atoms with Crippen molar-refractivity contribution in [1.82, 2.24) is 15.5 Å². The zero-order chi connectivity index (χ0) is 14.2. The summed E-state index contributed by atoms with van der Waals surface area (Å²) >= 11 is 0. The van der Waals surface area contributed by atoms with Gasteiger partial charge in [-0.1, -0.05) is 17.3 Å². The van der Waals surface area contributed by atoms with Crippen molar-refractivity contribution >= 4 is 0 Å². The minimum atomic E-state index is -4.33. The van der Waals surface area contributed by atoms with Crippen molar-refractivity contribution in [2.24, 2.45) is 0 Å². The van der Waals surface area contributed by atoms with Crippen LogP contribution in [0.5, 0.6) is 0 Å². The lowest BCUT2D eigenvalue weighted by Gasteiger charge is -2.18. The minimum Gasteiger partial charge on any atom is -0.334 e. The maximum Gasteiger partial charge on any atom is 0.396 e. The van der Waals surface area contributed by atoms with Crippen LogP contribution in [0.3, 0.4) is 0 Å². The van der Waals surface area contributed by atoms with Crippen LogP contribution in [0.25, 0.3) is 11.5 Å². The molecule has 0 fully saturated rings. The average Bonchev–Trinajstić information content (AvgIpc) is 2.84. The third-order valence-corrected chi connectivity index (χ3v) is 3.20. The van der Waals surface area contributed by atoms with Crippen LogP contribution in [-0.4, -0.2) is 22.9 Å². The number of nitrogens with zero attached hydrogens (tertiary/aromatic N) is 2. The van der Waals surface area contributed by atoms with Crippen LogP contribution in [0.2, 0.25) is 0 Å². The van der Waals surface area contributed by atoms with E-state index in [4.69, 9.17) is 4.52 Å². The maximum atomic E-state index is 12.3. The molecule has 4 nitrogen and oxygen atoms in total. The van der Waals surface area contributed by atoms with E-state index in [1.807, 2.05) is 12.1 Å². The Bertz CT molecular complexity index is 622. The molecule has 106 valence electrons. The van der Waals surface area contributed by atoms with E-state index >= 15 is 0 Å². The summed E-state index contributed by atoms with van der Waals surface area (Å²) < 4.78 is 41.9. The molecule has 0 saturated heterocycles. The van der Waals surface area contributed by atoms with Crippen LogP contribution in [0.15, 0.2) is 22.7 Å². The Kier molecular flexibility index (Phi) is 3.21. The fraction of sp³-hybridized carbons (Fsp3) is 0.385. The SMILES string of the molecule is FC(F)(F)Cc1noc(-c2cccc3c2CCNC3)n1. The van der Waals surface area contributed by atoms with Crippen LogP contribution in [-0.2, 0) is 19.4 Å². The van der Waals surface area contributed by atoms with Crippen molar-refractivity contribution in [3.05, 3.63) is 35.2 Å². The fourth-order valence-corrected chi connectivity index (χ4v) is 2.35. The number of aromatic nitrogens is 2. The quantitative estimate of drug-likeness (QED) is 0.920. The highest BCUT2D eigenvalue weighted by atomic mass is 19.4. The van der Waals surface area contributed by atoms with E-state index in [2.05, 4.69) is 15.5 Å². The first kappa shape index (κ1) is 13.1. The normalized spacial score (nSPS) is 15.2. The molecule has 2 aromatic rings. The molecule has 1 aliphatic rings. The molecule has 1 aliphatic heterocycles. The van der Waals surface area contributed by atoms with Crippen LogP contribution in [0, 0.1) is 0 Å². The van der Waals surface area contributed by atoms with Crippen LogP contribution in [0.1, 0.15) is 17.0 Å². The average molecular weight is 283 g/mol. The van der Waals surface area contributed by atoms with Gasteiger partial charge in [0, 0.05) is 12.1 Å².